The average Bonchev–Trinajstić information content (AvgIpc) is 2.82. The van der Waals surface area contributed by atoms with Crippen LogP contribution in [-0.2, 0) is 14.8 Å². The van der Waals surface area contributed by atoms with Crippen LogP contribution in [0.3, 0.4) is 0 Å². The maximum atomic E-state index is 13.0. The molecule has 6 nitrogen and oxygen atoms in total. The number of hydrogen-bond donors (Lipinski definition) is 1. The lowest BCUT2D eigenvalue weighted by atomic mass is 9.99. The third-order valence-corrected chi connectivity index (χ3v) is 6.88. The molecule has 7 heteroatoms. The van der Waals surface area contributed by atoms with Crippen LogP contribution in [0, 0.1) is 0 Å². The van der Waals surface area contributed by atoms with Crippen molar-refractivity contribution in [2.24, 2.45) is 0 Å². The van der Waals surface area contributed by atoms with E-state index in [1.165, 1.54) is 19.2 Å². The van der Waals surface area contributed by atoms with Crippen molar-refractivity contribution >= 4 is 15.9 Å². The maximum Gasteiger partial charge on any atom is 0.243 e. The molecule has 0 aliphatic rings. The summed E-state index contributed by atoms with van der Waals surface area (Å²) in [5.74, 6) is 0.185. The molecule has 1 amide bonds. The van der Waals surface area contributed by atoms with E-state index in [0.29, 0.717) is 5.75 Å². The zero-order chi connectivity index (χ0) is 22.3. The van der Waals surface area contributed by atoms with Crippen molar-refractivity contribution < 1.29 is 17.9 Å². The van der Waals surface area contributed by atoms with Crippen molar-refractivity contribution in [1.82, 2.24) is 9.62 Å². The number of benzene rings is 3. The van der Waals surface area contributed by atoms with Crippen molar-refractivity contribution in [3.05, 3.63) is 96.1 Å². The first kappa shape index (κ1) is 22.5. The molecule has 0 spiro atoms. The molecule has 0 aromatic heterocycles. The normalized spacial score (nSPS) is 11.5. The summed E-state index contributed by atoms with van der Waals surface area (Å²) in [6.07, 6.45) is 0. The van der Waals surface area contributed by atoms with Gasteiger partial charge in [-0.15, -0.1) is 0 Å². The molecule has 3 rings (SSSR count). The Balaban J connectivity index is 1.80. The zero-order valence-electron chi connectivity index (χ0n) is 17.6. The van der Waals surface area contributed by atoms with Crippen LogP contribution in [0.5, 0.6) is 5.75 Å². The Morgan fingerprint density at radius 3 is 1.87 bits per heavy atom. The number of rotatable bonds is 9. The topological polar surface area (TPSA) is 75.7 Å². The second kappa shape index (κ2) is 10.2. The number of nitrogens with one attached hydrogen (secondary N) is 1. The smallest absolute Gasteiger partial charge is 0.243 e. The van der Waals surface area contributed by atoms with E-state index >= 15 is 0 Å². The van der Waals surface area contributed by atoms with Gasteiger partial charge < -0.3 is 10.1 Å². The summed E-state index contributed by atoms with van der Waals surface area (Å²) in [5.41, 5.74) is 1.84. The number of likely N-dealkylation sites (N-methyl/N-ethyl adjacent to an activating group) is 1. The molecule has 162 valence electrons. The Morgan fingerprint density at radius 2 is 1.42 bits per heavy atom. The largest absolute Gasteiger partial charge is 0.497 e. The summed E-state index contributed by atoms with van der Waals surface area (Å²) in [4.78, 5) is 13.0. The van der Waals surface area contributed by atoms with E-state index in [-0.39, 0.29) is 29.9 Å². The Labute approximate surface area is 183 Å². The maximum absolute atomic E-state index is 13.0. The molecule has 0 aliphatic carbocycles. The van der Waals surface area contributed by atoms with Crippen molar-refractivity contribution in [2.75, 3.05) is 20.2 Å². The number of nitrogens with zero attached hydrogens (tertiary/aromatic N) is 1. The van der Waals surface area contributed by atoms with E-state index in [2.05, 4.69) is 5.32 Å². The minimum Gasteiger partial charge on any atom is -0.497 e. The van der Waals surface area contributed by atoms with E-state index in [1.54, 1.807) is 19.1 Å². The molecule has 0 saturated carbocycles. The summed E-state index contributed by atoms with van der Waals surface area (Å²) in [5, 5.41) is 2.99. The predicted octanol–water partition coefficient (Wildman–Crippen LogP) is 3.61. The van der Waals surface area contributed by atoms with Crippen molar-refractivity contribution in [3.63, 3.8) is 0 Å². The van der Waals surface area contributed by atoms with Crippen molar-refractivity contribution in [2.45, 2.75) is 17.9 Å². The molecule has 0 heterocycles. The summed E-state index contributed by atoms with van der Waals surface area (Å²) in [7, 11) is -2.30. The molecule has 1 N–H and O–H groups in total. The third kappa shape index (κ3) is 5.51. The highest BCUT2D eigenvalue weighted by Crippen LogP contribution is 2.23. The number of ether oxygens (including phenoxy) is 1. The summed E-state index contributed by atoms with van der Waals surface area (Å²) >= 11 is 0. The summed E-state index contributed by atoms with van der Waals surface area (Å²) in [6, 6.07) is 24.9. The molecule has 0 atom stereocenters. The van der Waals surface area contributed by atoms with Gasteiger partial charge in [-0.2, -0.15) is 4.31 Å². The average molecular weight is 439 g/mol. The molecule has 0 saturated heterocycles. The third-order valence-electron chi connectivity index (χ3n) is 4.94. The Bertz CT molecular complexity index is 1050. The summed E-state index contributed by atoms with van der Waals surface area (Å²) < 4.78 is 32.3. The number of hydrogen-bond acceptors (Lipinski definition) is 4. The number of carbonyl (C=O) groups is 1. The van der Waals surface area contributed by atoms with E-state index in [1.807, 2.05) is 60.7 Å². The number of amides is 1. The first-order chi connectivity index (χ1) is 15.0. The molecule has 0 radical (unpaired) electrons. The number of sulfonamides is 1. The van der Waals surface area contributed by atoms with Crippen LogP contribution in [0.2, 0.25) is 0 Å². The SMILES string of the molecule is CCN(CC(=O)NC(c1ccccc1)c1ccccc1)S(=O)(=O)c1ccc(OC)cc1. The fourth-order valence-corrected chi connectivity index (χ4v) is 4.69. The Morgan fingerprint density at radius 1 is 0.903 bits per heavy atom. The van der Waals surface area contributed by atoms with Gasteiger partial charge in [-0.05, 0) is 35.4 Å². The van der Waals surface area contributed by atoms with Gasteiger partial charge in [0.25, 0.3) is 0 Å². The first-order valence-electron chi connectivity index (χ1n) is 9.99. The van der Waals surface area contributed by atoms with Crippen molar-refractivity contribution in [1.29, 1.82) is 0 Å². The zero-order valence-corrected chi connectivity index (χ0v) is 18.4. The van der Waals surface area contributed by atoms with Gasteiger partial charge in [-0.1, -0.05) is 67.6 Å². The second-order valence-electron chi connectivity index (χ2n) is 6.93. The number of carbonyl (C=O) groups excluding carboxylic acids is 1. The molecule has 3 aromatic carbocycles. The monoisotopic (exact) mass is 438 g/mol. The fourth-order valence-electron chi connectivity index (χ4n) is 3.28. The van der Waals surface area contributed by atoms with E-state index in [9.17, 15) is 13.2 Å². The summed E-state index contributed by atoms with van der Waals surface area (Å²) in [6.45, 7) is 1.60. The van der Waals surface area contributed by atoms with Crippen LogP contribution in [0.4, 0.5) is 0 Å². The first-order valence-corrected chi connectivity index (χ1v) is 11.4. The van der Waals surface area contributed by atoms with Crippen LogP contribution in [0.15, 0.2) is 89.8 Å². The van der Waals surface area contributed by atoms with Gasteiger partial charge in [0.15, 0.2) is 0 Å². The predicted molar refractivity (Wildman–Crippen MR) is 120 cm³/mol. The van der Waals surface area contributed by atoms with Gasteiger partial charge in [-0.3, -0.25) is 4.79 Å². The molecule has 0 unspecified atom stereocenters. The van der Waals surface area contributed by atoms with E-state index in [4.69, 9.17) is 4.74 Å². The van der Waals surface area contributed by atoms with Crippen LogP contribution in [0.1, 0.15) is 24.1 Å². The van der Waals surface area contributed by atoms with Crippen LogP contribution < -0.4 is 10.1 Å². The van der Waals surface area contributed by atoms with Crippen LogP contribution in [-0.4, -0.2) is 38.8 Å². The van der Waals surface area contributed by atoms with E-state index in [0.717, 1.165) is 15.4 Å². The highest BCUT2D eigenvalue weighted by Gasteiger charge is 2.26. The van der Waals surface area contributed by atoms with Gasteiger partial charge >= 0.3 is 0 Å². The Hall–Kier alpha value is -3.16. The van der Waals surface area contributed by atoms with Gasteiger partial charge in [-0.25, -0.2) is 8.42 Å². The molecule has 0 aliphatic heterocycles. The minimum absolute atomic E-state index is 0.116. The highest BCUT2D eigenvalue weighted by atomic mass is 32.2. The lowest BCUT2D eigenvalue weighted by Crippen LogP contribution is -2.42. The van der Waals surface area contributed by atoms with Crippen LogP contribution >= 0.6 is 0 Å². The molecular formula is C24H26N2O4S. The molecule has 31 heavy (non-hydrogen) atoms. The molecular weight excluding hydrogens is 412 g/mol. The second-order valence-corrected chi connectivity index (χ2v) is 8.87. The van der Waals surface area contributed by atoms with Gasteiger partial charge in [0.1, 0.15) is 5.75 Å². The highest BCUT2D eigenvalue weighted by molar-refractivity contribution is 7.89. The lowest BCUT2D eigenvalue weighted by molar-refractivity contribution is -0.121. The van der Waals surface area contributed by atoms with E-state index < -0.39 is 10.0 Å². The number of methoxy groups -OCH3 is 1. The van der Waals surface area contributed by atoms with Gasteiger partial charge in [0.2, 0.25) is 15.9 Å². The standard InChI is InChI=1S/C24H26N2O4S/c1-3-26(31(28,29)22-16-14-21(30-2)15-17-22)18-23(27)25-24(19-10-6-4-7-11-19)20-12-8-5-9-13-20/h4-17,24H,3,18H2,1-2H3,(H,25,27). The minimum atomic E-state index is -3.82. The molecule has 0 fully saturated rings. The fraction of sp³-hybridized carbons (Fsp3) is 0.208. The van der Waals surface area contributed by atoms with Crippen LogP contribution in [0.25, 0.3) is 0 Å². The molecule has 0 bridgehead atoms. The lowest BCUT2D eigenvalue weighted by Gasteiger charge is -2.24. The van der Waals surface area contributed by atoms with Gasteiger partial charge in [0.05, 0.1) is 24.6 Å². The molecule has 3 aromatic rings. The van der Waals surface area contributed by atoms with Crippen molar-refractivity contribution in [3.8, 4) is 5.75 Å². The Kier molecular flexibility index (Phi) is 7.44. The quantitative estimate of drug-likeness (QED) is 0.554. The van der Waals surface area contributed by atoms with Gasteiger partial charge in [0, 0.05) is 6.54 Å².